The number of hydrogen-bond acceptors (Lipinski definition) is 2. The van der Waals surface area contributed by atoms with Gasteiger partial charge in [0.05, 0.1) is 6.42 Å². The summed E-state index contributed by atoms with van der Waals surface area (Å²) in [6, 6.07) is 0. The molecule has 0 saturated carbocycles. The third kappa shape index (κ3) is 9.34. The molecule has 0 aliphatic heterocycles. The molecule has 0 atom stereocenters. The lowest BCUT2D eigenvalue weighted by Crippen LogP contribution is -2.22. The van der Waals surface area contributed by atoms with E-state index in [2.05, 4.69) is 6.92 Å². The lowest BCUT2D eigenvalue weighted by Gasteiger charge is -2.14. The third-order valence-corrected chi connectivity index (χ3v) is 2.09. The summed E-state index contributed by atoms with van der Waals surface area (Å²) >= 11 is 0. The second-order valence-electron chi connectivity index (χ2n) is 3.49. The van der Waals surface area contributed by atoms with E-state index in [4.69, 9.17) is 0 Å². The SMILES string of the molecule is CCCCCCN(C)CCC([O])=O. The number of hydrogen-bond donors (Lipinski definition) is 0. The Bertz CT molecular complexity index is 137. The number of rotatable bonds is 8. The first-order valence-electron chi connectivity index (χ1n) is 5.05. The second-order valence-corrected chi connectivity index (χ2v) is 3.49. The predicted octanol–water partition coefficient (Wildman–Crippen LogP) is 1.85. The molecule has 0 rings (SSSR count). The van der Waals surface area contributed by atoms with Crippen LogP contribution in [0.2, 0.25) is 0 Å². The van der Waals surface area contributed by atoms with Gasteiger partial charge in [-0.15, -0.1) is 0 Å². The molecule has 13 heavy (non-hydrogen) atoms. The fourth-order valence-electron chi connectivity index (χ4n) is 1.20. The number of unbranched alkanes of at least 4 members (excludes halogenated alkanes) is 3. The molecule has 0 heterocycles. The minimum absolute atomic E-state index is 0.143. The molecule has 0 fully saturated rings. The smallest absolute Gasteiger partial charge is 0.306 e. The quantitative estimate of drug-likeness (QED) is 0.543. The van der Waals surface area contributed by atoms with Crippen LogP contribution in [0, 0.1) is 0 Å². The van der Waals surface area contributed by atoms with Crippen LogP contribution in [-0.4, -0.2) is 31.0 Å². The Hall–Kier alpha value is -0.570. The van der Waals surface area contributed by atoms with Crippen LogP contribution in [0.5, 0.6) is 0 Å². The summed E-state index contributed by atoms with van der Waals surface area (Å²) in [5, 5.41) is 10.1. The van der Waals surface area contributed by atoms with Crippen LogP contribution in [0.15, 0.2) is 0 Å². The van der Waals surface area contributed by atoms with Gasteiger partial charge in [-0.3, -0.25) is 0 Å². The predicted molar refractivity (Wildman–Crippen MR) is 51.9 cm³/mol. The molecule has 0 aromatic heterocycles. The van der Waals surface area contributed by atoms with E-state index in [1.807, 2.05) is 11.9 Å². The Labute approximate surface area is 80.7 Å². The lowest BCUT2D eigenvalue weighted by molar-refractivity contribution is -0.143. The summed E-state index contributed by atoms with van der Waals surface area (Å²) in [5.41, 5.74) is 0. The Morgan fingerprint density at radius 1 is 1.15 bits per heavy atom. The second kappa shape index (κ2) is 8.05. The van der Waals surface area contributed by atoms with Gasteiger partial charge in [-0.2, -0.15) is 0 Å². The zero-order chi connectivity index (χ0) is 10.1. The van der Waals surface area contributed by atoms with Crippen molar-refractivity contribution in [2.24, 2.45) is 0 Å². The molecule has 3 nitrogen and oxygen atoms in total. The molecular weight excluding hydrogens is 166 g/mol. The maximum absolute atomic E-state index is 10.1. The molecule has 0 unspecified atom stereocenters. The molecule has 0 bridgehead atoms. The highest BCUT2D eigenvalue weighted by molar-refractivity contribution is 5.66. The van der Waals surface area contributed by atoms with Gasteiger partial charge in [-0.25, -0.2) is 9.90 Å². The molecule has 0 aromatic carbocycles. The zero-order valence-corrected chi connectivity index (χ0v) is 8.71. The average Bonchev–Trinajstić information content (AvgIpc) is 2.09. The molecule has 3 heteroatoms. The van der Waals surface area contributed by atoms with E-state index in [0.717, 1.165) is 13.0 Å². The van der Waals surface area contributed by atoms with E-state index < -0.39 is 5.97 Å². The van der Waals surface area contributed by atoms with E-state index in [9.17, 15) is 9.90 Å². The summed E-state index contributed by atoms with van der Waals surface area (Å²) in [4.78, 5) is 12.2. The molecule has 0 spiro atoms. The molecule has 0 amide bonds. The third-order valence-electron chi connectivity index (χ3n) is 2.09. The maximum atomic E-state index is 10.1. The highest BCUT2D eigenvalue weighted by Gasteiger charge is 2.02. The highest BCUT2D eigenvalue weighted by Crippen LogP contribution is 2.00. The summed E-state index contributed by atoms with van der Waals surface area (Å²) in [5.74, 6) is -0.958. The van der Waals surface area contributed by atoms with Crippen LogP contribution in [-0.2, 0) is 9.90 Å². The van der Waals surface area contributed by atoms with Crippen molar-refractivity contribution in [2.75, 3.05) is 20.1 Å². The summed E-state index contributed by atoms with van der Waals surface area (Å²) in [6.45, 7) is 3.78. The topological polar surface area (TPSA) is 40.2 Å². The largest absolute Gasteiger partial charge is 0.356 e. The molecule has 0 aromatic rings. The summed E-state index contributed by atoms with van der Waals surface area (Å²) in [7, 11) is 1.95. The minimum atomic E-state index is -0.958. The Balaban J connectivity index is 3.19. The zero-order valence-electron chi connectivity index (χ0n) is 8.71. The van der Waals surface area contributed by atoms with Gasteiger partial charge in [0.25, 0.3) is 0 Å². The first kappa shape index (κ1) is 12.4. The van der Waals surface area contributed by atoms with Crippen molar-refractivity contribution in [3.8, 4) is 0 Å². The van der Waals surface area contributed by atoms with Crippen molar-refractivity contribution >= 4 is 5.97 Å². The normalized spacial score (nSPS) is 10.7. The molecule has 1 radical (unpaired) electrons. The Kier molecular flexibility index (Phi) is 7.69. The Morgan fingerprint density at radius 2 is 1.85 bits per heavy atom. The first-order chi connectivity index (χ1) is 6.16. The minimum Gasteiger partial charge on any atom is -0.306 e. The molecule has 0 aliphatic rings. The van der Waals surface area contributed by atoms with Crippen molar-refractivity contribution in [2.45, 2.75) is 39.0 Å². The van der Waals surface area contributed by atoms with E-state index >= 15 is 0 Å². The van der Waals surface area contributed by atoms with E-state index in [1.54, 1.807) is 0 Å². The van der Waals surface area contributed by atoms with Crippen LogP contribution in [0.25, 0.3) is 0 Å². The van der Waals surface area contributed by atoms with Crippen molar-refractivity contribution < 1.29 is 9.90 Å². The number of nitrogens with zero attached hydrogens (tertiary/aromatic N) is 1. The maximum Gasteiger partial charge on any atom is 0.356 e. The molecule has 0 saturated heterocycles. The van der Waals surface area contributed by atoms with Crippen LogP contribution < -0.4 is 0 Å². The molecule has 0 aliphatic carbocycles. The fraction of sp³-hybridized carbons (Fsp3) is 0.900. The lowest BCUT2D eigenvalue weighted by atomic mass is 10.2. The van der Waals surface area contributed by atoms with E-state index in [1.165, 1.54) is 19.3 Å². The van der Waals surface area contributed by atoms with Gasteiger partial charge in [0.15, 0.2) is 0 Å². The average molecular weight is 186 g/mol. The van der Waals surface area contributed by atoms with Crippen molar-refractivity contribution in [1.29, 1.82) is 0 Å². The van der Waals surface area contributed by atoms with Crippen LogP contribution in [0.1, 0.15) is 39.0 Å². The van der Waals surface area contributed by atoms with Gasteiger partial charge < -0.3 is 4.90 Å². The monoisotopic (exact) mass is 186 g/mol. The van der Waals surface area contributed by atoms with Gasteiger partial charge >= 0.3 is 5.97 Å². The summed E-state index contributed by atoms with van der Waals surface area (Å²) < 4.78 is 0. The van der Waals surface area contributed by atoms with Crippen molar-refractivity contribution in [3.05, 3.63) is 0 Å². The van der Waals surface area contributed by atoms with Crippen LogP contribution >= 0.6 is 0 Å². The van der Waals surface area contributed by atoms with Gasteiger partial charge in [0, 0.05) is 6.54 Å². The van der Waals surface area contributed by atoms with Gasteiger partial charge in [-0.05, 0) is 20.0 Å². The standard InChI is InChI=1S/C10H20NO2/c1-3-4-5-6-8-11(2)9-7-10(12)13/h3-9H2,1-2H3. The molecule has 0 N–H and O–H groups in total. The van der Waals surface area contributed by atoms with Crippen molar-refractivity contribution in [3.63, 3.8) is 0 Å². The van der Waals surface area contributed by atoms with Gasteiger partial charge in [0.1, 0.15) is 0 Å². The first-order valence-corrected chi connectivity index (χ1v) is 5.05. The summed E-state index contributed by atoms with van der Waals surface area (Å²) in [6.07, 6.45) is 5.06. The Morgan fingerprint density at radius 3 is 2.38 bits per heavy atom. The van der Waals surface area contributed by atoms with Crippen LogP contribution in [0.3, 0.4) is 0 Å². The number of carbonyl (C=O) groups is 1. The fourth-order valence-corrected chi connectivity index (χ4v) is 1.20. The van der Waals surface area contributed by atoms with Gasteiger partial charge in [0.2, 0.25) is 0 Å². The van der Waals surface area contributed by atoms with E-state index in [0.29, 0.717) is 6.54 Å². The highest BCUT2D eigenvalue weighted by atomic mass is 16.4. The van der Waals surface area contributed by atoms with Gasteiger partial charge in [-0.1, -0.05) is 26.2 Å². The molecular formula is C10H20NO2. The van der Waals surface area contributed by atoms with E-state index in [-0.39, 0.29) is 6.42 Å². The molecule has 77 valence electrons. The van der Waals surface area contributed by atoms with Crippen LogP contribution in [0.4, 0.5) is 0 Å². The van der Waals surface area contributed by atoms with Crippen molar-refractivity contribution in [1.82, 2.24) is 4.90 Å². The number of carbonyl (C=O) groups excluding carboxylic acids is 1.